The Labute approximate surface area is 202 Å². The van der Waals surface area contributed by atoms with Crippen molar-refractivity contribution in [1.29, 1.82) is 0 Å². The number of hydrogen-bond donors (Lipinski definition) is 1. The summed E-state index contributed by atoms with van der Waals surface area (Å²) in [5, 5.41) is 3.94. The lowest BCUT2D eigenvalue weighted by Gasteiger charge is -2.38. The maximum Gasteiger partial charge on any atom is 0.326 e. The molecule has 172 valence electrons. The summed E-state index contributed by atoms with van der Waals surface area (Å²) >= 11 is 6.04. The van der Waals surface area contributed by atoms with E-state index in [2.05, 4.69) is 5.32 Å². The molecule has 2 fully saturated rings. The van der Waals surface area contributed by atoms with Gasteiger partial charge in [-0.3, -0.25) is 19.7 Å². The van der Waals surface area contributed by atoms with Crippen LogP contribution in [0.3, 0.4) is 0 Å². The molecule has 0 aliphatic carbocycles. The average Bonchev–Trinajstić information content (AvgIpc) is 3.31. The predicted molar refractivity (Wildman–Crippen MR) is 128 cm³/mol. The summed E-state index contributed by atoms with van der Waals surface area (Å²) < 4.78 is 5.15. The number of nitrogens with zero attached hydrogens (tertiary/aromatic N) is 1. The Morgan fingerprint density at radius 1 is 0.853 bits per heavy atom. The number of anilines is 1. The number of halogens is 1. The molecular weight excluding hydrogens is 452 g/mol. The van der Waals surface area contributed by atoms with Crippen molar-refractivity contribution in [2.45, 2.75) is 18.0 Å². The molecule has 2 aliphatic heterocycles. The van der Waals surface area contributed by atoms with Gasteiger partial charge in [0.1, 0.15) is 5.54 Å². The SMILES string of the molecule is COC(=O)[C@@]1(C)NC(c2ccccc2)(c2ccccc2)[C@H]2C(=O)N(c3ccc(Cl)cc3)C(=O)[C@H]21. The molecule has 2 aliphatic rings. The molecule has 6 nitrogen and oxygen atoms in total. The molecule has 34 heavy (non-hydrogen) atoms. The Morgan fingerprint density at radius 2 is 1.35 bits per heavy atom. The number of esters is 1. The molecule has 5 rings (SSSR count). The Kier molecular flexibility index (Phi) is 5.30. The van der Waals surface area contributed by atoms with Gasteiger partial charge in [0.15, 0.2) is 0 Å². The first-order valence-corrected chi connectivity index (χ1v) is 11.3. The molecule has 3 atom stereocenters. The summed E-state index contributed by atoms with van der Waals surface area (Å²) in [4.78, 5) is 42.4. The van der Waals surface area contributed by atoms with Crippen LogP contribution in [-0.4, -0.2) is 30.4 Å². The largest absolute Gasteiger partial charge is 0.468 e. The summed E-state index contributed by atoms with van der Waals surface area (Å²) in [5.41, 5.74) is -0.606. The van der Waals surface area contributed by atoms with Crippen molar-refractivity contribution in [3.8, 4) is 0 Å². The number of carbonyl (C=O) groups excluding carboxylic acids is 3. The van der Waals surface area contributed by atoms with Crippen molar-refractivity contribution in [2.24, 2.45) is 11.8 Å². The second-order valence-electron chi connectivity index (χ2n) is 8.80. The Morgan fingerprint density at radius 3 is 1.85 bits per heavy atom. The van der Waals surface area contributed by atoms with Gasteiger partial charge in [0, 0.05) is 5.02 Å². The van der Waals surface area contributed by atoms with Crippen molar-refractivity contribution in [2.75, 3.05) is 12.0 Å². The minimum Gasteiger partial charge on any atom is -0.468 e. The van der Waals surface area contributed by atoms with Crippen molar-refractivity contribution in [3.05, 3.63) is 101 Å². The van der Waals surface area contributed by atoms with Crippen LogP contribution in [0.4, 0.5) is 5.69 Å². The molecule has 7 heteroatoms. The van der Waals surface area contributed by atoms with E-state index in [1.165, 1.54) is 12.0 Å². The molecular formula is C27H23ClN2O4. The maximum atomic E-state index is 14.1. The molecule has 2 saturated heterocycles. The third kappa shape index (κ3) is 3.02. The van der Waals surface area contributed by atoms with Crippen LogP contribution in [0.1, 0.15) is 18.1 Å². The van der Waals surface area contributed by atoms with Crippen LogP contribution >= 0.6 is 11.6 Å². The van der Waals surface area contributed by atoms with Gasteiger partial charge in [0.2, 0.25) is 11.8 Å². The molecule has 0 unspecified atom stereocenters. The first-order valence-electron chi connectivity index (χ1n) is 11.0. The zero-order chi connectivity index (χ0) is 24.1. The Bertz CT molecular complexity index is 1220. The second-order valence-corrected chi connectivity index (χ2v) is 9.24. The van der Waals surface area contributed by atoms with Crippen molar-refractivity contribution in [3.63, 3.8) is 0 Å². The predicted octanol–water partition coefficient (Wildman–Crippen LogP) is 3.92. The molecule has 0 spiro atoms. The second kappa shape index (κ2) is 8.08. The van der Waals surface area contributed by atoms with E-state index in [-0.39, 0.29) is 5.91 Å². The highest BCUT2D eigenvalue weighted by molar-refractivity contribution is 6.31. The van der Waals surface area contributed by atoms with Crippen LogP contribution in [0, 0.1) is 11.8 Å². The quantitative estimate of drug-likeness (QED) is 0.458. The third-order valence-corrected chi connectivity index (χ3v) is 7.26. The maximum absolute atomic E-state index is 14.1. The van der Waals surface area contributed by atoms with Gasteiger partial charge in [-0.15, -0.1) is 0 Å². The lowest BCUT2D eigenvalue weighted by molar-refractivity contribution is -0.151. The molecule has 0 saturated carbocycles. The van der Waals surface area contributed by atoms with E-state index in [0.717, 1.165) is 11.1 Å². The fourth-order valence-electron chi connectivity index (χ4n) is 5.56. The smallest absolute Gasteiger partial charge is 0.326 e. The van der Waals surface area contributed by atoms with Crippen LogP contribution < -0.4 is 10.2 Å². The summed E-state index contributed by atoms with van der Waals surface area (Å²) in [6.07, 6.45) is 0. The summed E-state index contributed by atoms with van der Waals surface area (Å²) in [6, 6.07) is 25.4. The van der Waals surface area contributed by atoms with Gasteiger partial charge in [-0.1, -0.05) is 72.3 Å². The highest BCUT2D eigenvalue weighted by Crippen LogP contribution is 2.55. The number of benzene rings is 3. The fourth-order valence-corrected chi connectivity index (χ4v) is 5.69. The van der Waals surface area contributed by atoms with E-state index in [9.17, 15) is 14.4 Å². The van der Waals surface area contributed by atoms with E-state index in [0.29, 0.717) is 10.7 Å². The van der Waals surface area contributed by atoms with Gasteiger partial charge in [0.25, 0.3) is 0 Å². The third-order valence-electron chi connectivity index (χ3n) is 7.00. The normalized spacial score (nSPS) is 25.3. The molecule has 3 aromatic rings. The van der Waals surface area contributed by atoms with Gasteiger partial charge in [0.05, 0.1) is 30.2 Å². The first-order chi connectivity index (χ1) is 16.3. The van der Waals surface area contributed by atoms with E-state index >= 15 is 0 Å². The Hall–Kier alpha value is -3.48. The minimum atomic E-state index is -1.45. The number of hydrogen-bond acceptors (Lipinski definition) is 5. The van der Waals surface area contributed by atoms with Crippen LogP contribution in [-0.2, 0) is 24.7 Å². The van der Waals surface area contributed by atoms with Gasteiger partial charge in [-0.2, -0.15) is 0 Å². The summed E-state index contributed by atoms with van der Waals surface area (Å²) in [7, 11) is 1.29. The number of methoxy groups -OCH3 is 1. The number of amides is 2. The molecule has 0 bridgehead atoms. The van der Waals surface area contributed by atoms with Crippen molar-refractivity contribution in [1.82, 2.24) is 5.32 Å². The number of ether oxygens (including phenoxy) is 1. The topological polar surface area (TPSA) is 75.7 Å². The van der Waals surface area contributed by atoms with Gasteiger partial charge in [-0.25, -0.2) is 4.90 Å². The lowest BCUT2D eigenvalue weighted by atomic mass is 9.70. The summed E-state index contributed by atoms with van der Waals surface area (Å²) in [5.74, 6) is -3.31. The first kappa shape index (κ1) is 22.3. The van der Waals surface area contributed by atoms with Crippen molar-refractivity contribution < 1.29 is 19.1 Å². The van der Waals surface area contributed by atoms with E-state index in [1.807, 2.05) is 60.7 Å². The standard InChI is InChI=1S/C27H23ClN2O4/c1-26(25(33)34-2)21-22(24(32)30(23(21)31)20-15-13-19(28)14-16-20)27(29-26,17-9-5-3-6-10-17)18-11-7-4-8-12-18/h3-16,21-22,29H,1-2H3/t21-,22+,26-/m0/s1. The lowest BCUT2D eigenvalue weighted by Crippen LogP contribution is -2.58. The van der Waals surface area contributed by atoms with Crippen LogP contribution in [0.2, 0.25) is 5.02 Å². The molecule has 1 N–H and O–H groups in total. The van der Waals surface area contributed by atoms with Gasteiger partial charge < -0.3 is 4.74 Å². The molecule has 0 aromatic heterocycles. The molecule has 0 radical (unpaired) electrons. The Balaban J connectivity index is 1.79. The van der Waals surface area contributed by atoms with E-state index in [4.69, 9.17) is 16.3 Å². The fraction of sp³-hybridized carbons (Fsp3) is 0.222. The number of carbonyl (C=O) groups is 3. The monoisotopic (exact) mass is 474 g/mol. The highest BCUT2D eigenvalue weighted by Gasteiger charge is 2.73. The van der Waals surface area contributed by atoms with Crippen LogP contribution in [0.25, 0.3) is 0 Å². The molecule has 2 heterocycles. The number of nitrogens with one attached hydrogen (secondary N) is 1. The zero-order valence-electron chi connectivity index (χ0n) is 18.7. The number of fused-ring (bicyclic) bond motifs is 1. The van der Waals surface area contributed by atoms with E-state index < -0.39 is 34.8 Å². The minimum absolute atomic E-state index is 0.384. The number of imide groups is 1. The van der Waals surface area contributed by atoms with E-state index in [1.54, 1.807) is 31.2 Å². The molecule has 3 aromatic carbocycles. The van der Waals surface area contributed by atoms with Gasteiger partial charge in [-0.05, 0) is 42.3 Å². The average molecular weight is 475 g/mol. The zero-order valence-corrected chi connectivity index (χ0v) is 19.5. The van der Waals surface area contributed by atoms with Crippen LogP contribution in [0.5, 0.6) is 0 Å². The summed E-state index contributed by atoms with van der Waals surface area (Å²) in [6.45, 7) is 1.64. The van der Waals surface area contributed by atoms with Crippen LogP contribution in [0.15, 0.2) is 84.9 Å². The molecule has 2 amide bonds. The van der Waals surface area contributed by atoms with Gasteiger partial charge >= 0.3 is 5.97 Å². The highest BCUT2D eigenvalue weighted by atomic mass is 35.5. The number of rotatable bonds is 4. The van der Waals surface area contributed by atoms with Crippen molar-refractivity contribution >= 4 is 35.1 Å².